The van der Waals surface area contributed by atoms with Crippen molar-refractivity contribution >= 4 is 5.91 Å². The fourth-order valence-electron chi connectivity index (χ4n) is 3.96. The van der Waals surface area contributed by atoms with E-state index >= 15 is 0 Å². The maximum atomic E-state index is 12.5. The lowest BCUT2D eigenvalue weighted by molar-refractivity contribution is -0.132. The molecule has 3 rings (SSSR count). The topological polar surface area (TPSA) is 69.8 Å². The minimum atomic E-state index is -0.513. The van der Waals surface area contributed by atoms with Crippen LogP contribution in [0.1, 0.15) is 49.1 Å². The van der Waals surface area contributed by atoms with Gasteiger partial charge in [-0.15, -0.1) is 0 Å². The highest BCUT2D eigenvalue weighted by Crippen LogP contribution is 2.29. The van der Waals surface area contributed by atoms with E-state index in [1.807, 2.05) is 18.7 Å². The lowest BCUT2D eigenvalue weighted by Gasteiger charge is -2.41. The molecule has 0 bridgehead atoms. The molecule has 2 heterocycles. The van der Waals surface area contributed by atoms with E-state index < -0.39 is 5.60 Å². The van der Waals surface area contributed by atoms with Crippen LogP contribution in [0.2, 0.25) is 0 Å². The lowest BCUT2D eigenvalue weighted by Crippen LogP contribution is -2.53. The molecule has 1 aromatic rings. The Balaban J connectivity index is 1.49. The summed E-state index contributed by atoms with van der Waals surface area (Å²) in [4.78, 5) is 16.8. The molecule has 2 aliphatic rings. The van der Waals surface area contributed by atoms with Crippen LogP contribution in [-0.4, -0.2) is 64.3 Å². The summed E-state index contributed by atoms with van der Waals surface area (Å²) in [5, 5.41) is 14.6. The van der Waals surface area contributed by atoms with Gasteiger partial charge >= 0.3 is 0 Å². The van der Waals surface area contributed by atoms with Crippen LogP contribution in [0.4, 0.5) is 0 Å². The first-order valence-electron chi connectivity index (χ1n) is 9.11. The van der Waals surface area contributed by atoms with E-state index in [0.29, 0.717) is 6.42 Å². The molecular formula is C18H29N3O3. The fourth-order valence-corrected chi connectivity index (χ4v) is 3.96. The highest BCUT2D eigenvalue weighted by molar-refractivity contribution is 5.79. The number of amides is 1. The minimum absolute atomic E-state index is 0.139. The number of carbonyl (C=O) groups is 1. The SMILES string of the molecule is Cc1noc(C)c1CC(=O)N1CCN(CC2(O)CCCCC2)CC1. The number of carbonyl (C=O) groups excluding carboxylic acids is 1. The first-order chi connectivity index (χ1) is 11.5. The molecular weight excluding hydrogens is 306 g/mol. The Bertz CT molecular complexity index is 551. The molecule has 0 atom stereocenters. The number of hydrogen-bond acceptors (Lipinski definition) is 5. The van der Waals surface area contributed by atoms with Crippen LogP contribution in [0.15, 0.2) is 4.52 Å². The molecule has 134 valence electrons. The number of aliphatic hydroxyl groups is 1. The second kappa shape index (κ2) is 7.23. The van der Waals surface area contributed by atoms with E-state index in [0.717, 1.165) is 75.4 Å². The summed E-state index contributed by atoms with van der Waals surface area (Å²) < 4.78 is 5.14. The fraction of sp³-hybridized carbons (Fsp3) is 0.778. The molecule has 1 aliphatic carbocycles. The van der Waals surface area contributed by atoms with E-state index in [2.05, 4.69) is 10.1 Å². The molecule has 1 saturated carbocycles. The second-order valence-electron chi connectivity index (χ2n) is 7.42. The Hall–Kier alpha value is -1.40. The minimum Gasteiger partial charge on any atom is -0.389 e. The summed E-state index contributed by atoms with van der Waals surface area (Å²) in [6.07, 6.45) is 5.70. The zero-order valence-electron chi connectivity index (χ0n) is 14.9. The van der Waals surface area contributed by atoms with Crippen molar-refractivity contribution in [2.45, 2.75) is 58.0 Å². The van der Waals surface area contributed by atoms with Crippen molar-refractivity contribution in [1.29, 1.82) is 0 Å². The van der Waals surface area contributed by atoms with E-state index in [9.17, 15) is 9.90 Å². The van der Waals surface area contributed by atoms with Crippen molar-refractivity contribution in [3.8, 4) is 0 Å². The Labute approximate surface area is 143 Å². The molecule has 1 saturated heterocycles. The van der Waals surface area contributed by atoms with E-state index in [1.165, 1.54) is 6.42 Å². The van der Waals surface area contributed by atoms with Gasteiger partial charge < -0.3 is 14.5 Å². The van der Waals surface area contributed by atoms with Crippen molar-refractivity contribution in [2.24, 2.45) is 0 Å². The molecule has 1 aliphatic heterocycles. The quantitative estimate of drug-likeness (QED) is 0.906. The summed E-state index contributed by atoms with van der Waals surface area (Å²) >= 11 is 0. The van der Waals surface area contributed by atoms with Crippen LogP contribution in [0.5, 0.6) is 0 Å². The Morgan fingerprint density at radius 3 is 2.42 bits per heavy atom. The number of β-amino-alcohol motifs (C(OH)–C–C–N with tert-alkyl or cyclic N) is 1. The first-order valence-corrected chi connectivity index (χ1v) is 9.11. The smallest absolute Gasteiger partial charge is 0.227 e. The van der Waals surface area contributed by atoms with Gasteiger partial charge in [0.25, 0.3) is 0 Å². The predicted octanol–water partition coefficient (Wildman–Crippen LogP) is 1.67. The highest BCUT2D eigenvalue weighted by Gasteiger charge is 2.33. The number of aromatic nitrogens is 1. The maximum Gasteiger partial charge on any atom is 0.227 e. The molecule has 0 spiro atoms. The average molecular weight is 335 g/mol. The van der Waals surface area contributed by atoms with Crippen LogP contribution in [0, 0.1) is 13.8 Å². The van der Waals surface area contributed by atoms with Crippen molar-refractivity contribution in [2.75, 3.05) is 32.7 Å². The monoisotopic (exact) mass is 335 g/mol. The van der Waals surface area contributed by atoms with Crippen molar-refractivity contribution < 1.29 is 14.4 Å². The maximum absolute atomic E-state index is 12.5. The van der Waals surface area contributed by atoms with Crippen LogP contribution in [0.25, 0.3) is 0 Å². The summed E-state index contributed by atoms with van der Waals surface area (Å²) in [6, 6.07) is 0. The number of piperazine rings is 1. The zero-order valence-corrected chi connectivity index (χ0v) is 14.9. The van der Waals surface area contributed by atoms with Gasteiger partial charge in [-0.05, 0) is 26.7 Å². The van der Waals surface area contributed by atoms with E-state index in [-0.39, 0.29) is 5.91 Å². The third-order valence-corrected chi connectivity index (χ3v) is 5.54. The molecule has 1 aromatic heterocycles. The van der Waals surface area contributed by atoms with Crippen molar-refractivity contribution in [3.05, 3.63) is 17.0 Å². The molecule has 1 amide bonds. The van der Waals surface area contributed by atoms with Crippen LogP contribution in [-0.2, 0) is 11.2 Å². The Morgan fingerprint density at radius 1 is 1.17 bits per heavy atom. The largest absolute Gasteiger partial charge is 0.389 e. The molecule has 24 heavy (non-hydrogen) atoms. The molecule has 0 radical (unpaired) electrons. The molecule has 6 nitrogen and oxygen atoms in total. The summed E-state index contributed by atoms with van der Waals surface area (Å²) in [7, 11) is 0. The number of hydrogen-bond donors (Lipinski definition) is 1. The van der Waals surface area contributed by atoms with Gasteiger partial charge in [-0.25, -0.2) is 0 Å². The van der Waals surface area contributed by atoms with Crippen LogP contribution < -0.4 is 0 Å². The van der Waals surface area contributed by atoms with Crippen LogP contribution >= 0.6 is 0 Å². The number of aryl methyl sites for hydroxylation is 2. The van der Waals surface area contributed by atoms with Gasteiger partial charge in [-0.3, -0.25) is 9.69 Å². The standard InChI is InChI=1S/C18H29N3O3/c1-14-16(15(2)24-19-14)12-17(22)21-10-8-20(9-11-21)13-18(23)6-4-3-5-7-18/h23H,3-13H2,1-2H3. The van der Waals surface area contributed by atoms with Crippen molar-refractivity contribution in [3.63, 3.8) is 0 Å². The van der Waals surface area contributed by atoms with Gasteiger partial charge in [0.2, 0.25) is 5.91 Å². The van der Waals surface area contributed by atoms with Gasteiger partial charge in [0.05, 0.1) is 17.7 Å². The van der Waals surface area contributed by atoms with Gasteiger partial charge in [-0.2, -0.15) is 0 Å². The Kier molecular flexibility index (Phi) is 5.25. The molecule has 1 N–H and O–H groups in total. The lowest BCUT2D eigenvalue weighted by atomic mass is 9.84. The summed E-state index contributed by atoms with van der Waals surface area (Å²) in [5.41, 5.74) is 1.21. The normalized spacial score (nSPS) is 21.9. The number of rotatable bonds is 4. The molecule has 2 fully saturated rings. The van der Waals surface area contributed by atoms with Crippen LogP contribution in [0.3, 0.4) is 0 Å². The first kappa shape index (κ1) is 17.4. The molecule has 0 unspecified atom stereocenters. The summed E-state index contributed by atoms with van der Waals surface area (Å²) in [6.45, 7) is 7.63. The molecule has 6 heteroatoms. The highest BCUT2D eigenvalue weighted by atomic mass is 16.5. The predicted molar refractivity (Wildman–Crippen MR) is 90.7 cm³/mol. The van der Waals surface area contributed by atoms with Gasteiger partial charge in [-0.1, -0.05) is 24.4 Å². The summed E-state index contributed by atoms with van der Waals surface area (Å²) in [5.74, 6) is 0.874. The molecule has 0 aromatic carbocycles. The third-order valence-electron chi connectivity index (χ3n) is 5.54. The van der Waals surface area contributed by atoms with Gasteiger partial charge in [0.15, 0.2) is 0 Å². The van der Waals surface area contributed by atoms with Crippen molar-refractivity contribution in [1.82, 2.24) is 15.0 Å². The van der Waals surface area contributed by atoms with E-state index in [1.54, 1.807) is 0 Å². The van der Waals surface area contributed by atoms with Gasteiger partial charge in [0.1, 0.15) is 5.76 Å². The third kappa shape index (κ3) is 3.98. The second-order valence-corrected chi connectivity index (χ2v) is 7.42. The zero-order chi connectivity index (χ0) is 17.2. The van der Waals surface area contributed by atoms with Gasteiger partial charge in [0, 0.05) is 38.3 Å². The number of nitrogens with zero attached hydrogens (tertiary/aromatic N) is 3. The average Bonchev–Trinajstić information content (AvgIpc) is 2.88. The Morgan fingerprint density at radius 2 is 1.83 bits per heavy atom. The van der Waals surface area contributed by atoms with E-state index in [4.69, 9.17) is 4.52 Å².